The van der Waals surface area contributed by atoms with Crippen molar-refractivity contribution >= 4 is 0 Å². The molecule has 0 aliphatic rings. The van der Waals surface area contributed by atoms with E-state index in [0.717, 1.165) is 0 Å². The molecule has 0 saturated heterocycles. The molecular formula is H3O5+. The van der Waals surface area contributed by atoms with Gasteiger partial charge in [-0.1, -0.05) is 0 Å². The van der Waals surface area contributed by atoms with E-state index in [1.165, 1.54) is 0 Å². The Morgan fingerprint density at radius 3 is 1.60 bits per heavy atom. The van der Waals surface area contributed by atoms with Crippen LogP contribution in [0.5, 0.6) is 0 Å². The Bertz CT molecular complexity index is 14.0. The minimum absolute atomic E-state index is 0.199. The molecule has 32 valence electrons. The number of hydrogen-bond acceptors (Lipinski definition) is 4. The normalized spacial score (nSPS) is 9.60. The Kier molecular flexibility index (Phi) is 1.98. The molecule has 0 aliphatic heterocycles. The Morgan fingerprint density at radius 2 is 1.60 bits per heavy atom. The molecule has 3 N–H and O–H groups in total. The van der Waals surface area contributed by atoms with Crippen molar-refractivity contribution in [2.24, 2.45) is 0 Å². The highest BCUT2D eigenvalue weighted by atomic mass is 17.8. The van der Waals surface area contributed by atoms with Crippen LogP contribution in [0.4, 0.5) is 0 Å². The van der Waals surface area contributed by atoms with E-state index in [9.17, 15) is 0 Å². The second-order valence-corrected chi connectivity index (χ2v) is 0.305. The summed E-state index contributed by atoms with van der Waals surface area (Å²) in [5, 5.41) is 24.0. The van der Waals surface area contributed by atoms with Gasteiger partial charge in [-0.3, -0.25) is 0 Å². The first kappa shape index (κ1) is 4.80. The summed E-state index contributed by atoms with van der Waals surface area (Å²) in [5.74, 6) is 0. The van der Waals surface area contributed by atoms with Gasteiger partial charge in [0.1, 0.15) is 0 Å². The molecule has 0 fully saturated rings. The SMILES string of the molecule is OO[O+](O)O. The molecule has 0 amide bonds. The lowest BCUT2D eigenvalue weighted by Gasteiger charge is -1.76. The molecule has 0 aromatic heterocycles. The lowest BCUT2D eigenvalue weighted by molar-refractivity contribution is -0.852. The maximum Gasteiger partial charge on any atom is 0.161 e. The van der Waals surface area contributed by atoms with E-state index in [-0.39, 0.29) is 4.82 Å². The summed E-state index contributed by atoms with van der Waals surface area (Å²) in [6.45, 7) is 0. The lowest BCUT2D eigenvalue weighted by Crippen LogP contribution is -1.99. The largest absolute Gasteiger partial charge is 0.174 e. The third-order valence-corrected chi connectivity index (χ3v) is 0.0667. The van der Waals surface area contributed by atoms with Gasteiger partial charge in [0.05, 0.1) is 0 Å². The standard InChI is InChI=1S/H2O5/c1-4-5(2)3/h2-3H/p+1. The van der Waals surface area contributed by atoms with Crippen LogP contribution in [0.25, 0.3) is 0 Å². The average Bonchev–Trinajstić information content (AvgIpc) is 1.38. The van der Waals surface area contributed by atoms with E-state index in [1.807, 2.05) is 0 Å². The number of rotatable bonds is 1. The van der Waals surface area contributed by atoms with Crippen LogP contribution in [-0.4, -0.2) is 15.8 Å². The summed E-state index contributed by atoms with van der Waals surface area (Å²) in [4.78, 5) is -0.199. The topological polar surface area (TPSA) is 72.6 Å². The van der Waals surface area contributed by atoms with Gasteiger partial charge in [0.25, 0.3) is 0 Å². The molecule has 5 heavy (non-hydrogen) atoms. The molecule has 0 saturated carbocycles. The van der Waals surface area contributed by atoms with Gasteiger partial charge in [0.15, 0.2) is 9.86 Å². The van der Waals surface area contributed by atoms with Gasteiger partial charge in [-0.15, -0.1) is 0 Å². The summed E-state index contributed by atoms with van der Waals surface area (Å²) in [7, 11) is 0. The third kappa shape index (κ3) is 3.80. The van der Waals surface area contributed by atoms with E-state index in [0.29, 0.717) is 0 Å². The van der Waals surface area contributed by atoms with Gasteiger partial charge >= 0.3 is 0 Å². The van der Waals surface area contributed by atoms with Crippen molar-refractivity contribution in [1.29, 1.82) is 0 Å². The van der Waals surface area contributed by atoms with Crippen LogP contribution < -0.4 is 0 Å². The van der Waals surface area contributed by atoms with Crippen molar-refractivity contribution in [2.45, 2.75) is 0 Å². The zero-order valence-electron chi connectivity index (χ0n) is 2.16. The fourth-order valence-electron chi connectivity index (χ4n) is 0. The first-order valence-electron chi connectivity index (χ1n) is 0.714. The Labute approximate surface area is 27.0 Å². The molecule has 0 atom stereocenters. The van der Waals surface area contributed by atoms with Gasteiger partial charge < -0.3 is 0 Å². The van der Waals surface area contributed by atoms with E-state index in [1.54, 1.807) is 0 Å². The monoisotopic (exact) mass is 83.0 g/mol. The molecule has 0 spiro atoms. The Hall–Kier alpha value is -0.200. The fraction of sp³-hybridized carbons (Fsp3) is 0. The summed E-state index contributed by atoms with van der Waals surface area (Å²) >= 11 is 0. The van der Waals surface area contributed by atoms with Crippen molar-refractivity contribution < 1.29 is 25.6 Å². The average molecular weight is 83.0 g/mol. The molecule has 0 unspecified atom stereocenters. The van der Waals surface area contributed by atoms with Crippen LogP contribution in [0.3, 0.4) is 0 Å². The zero-order valence-corrected chi connectivity index (χ0v) is 2.16. The molecule has 5 nitrogen and oxygen atoms in total. The summed E-state index contributed by atoms with van der Waals surface area (Å²) in [6.07, 6.45) is 0. The maximum absolute atomic E-state index is 7.19. The second kappa shape index (κ2) is 2.06. The van der Waals surface area contributed by atoms with E-state index in [4.69, 9.17) is 15.8 Å². The van der Waals surface area contributed by atoms with Crippen LogP contribution >= 0.6 is 0 Å². The lowest BCUT2D eigenvalue weighted by atomic mass is 14.2. The molecule has 0 radical (unpaired) electrons. The molecule has 0 rings (SSSR count). The third-order valence-electron chi connectivity index (χ3n) is 0.0667. The highest BCUT2D eigenvalue weighted by molar-refractivity contribution is 2.86. The fourth-order valence-corrected chi connectivity index (χ4v) is 0. The molecular weight excluding hydrogens is 80.0 g/mol. The Morgan fingerprint density at radius 1 is 1.40 bits per heavy atom. The molecule has 0 bridgehead atoms. The van der Waals surface area contributed by atoms with Gasteiger partial charge in [0, 0.05) is 0 Å². The summed E-state index contributed by atoms with van der Waals surface area (Å²) in [5.41, 5.74) is 0. The maximum atomic E-state index is 7.19. The first-order valence-corrected chi connectivity index (χ1v) is 0.714. The van der Waals surface area contributed by atoms with Gasteiger partial charge in [-0.2, -0.15) is 5.26 Å². The van der Waals surface area contributed by atoms with Crippen molar-refractivity contribution in [2.75, 3.05) is 0 Å². The van der Waals surface area contributed by atoms with Crippen molar-refractivity contribution in [3.8, 4) is 0 Å². The minimum Gasteiger partial charge on any atom is -0.174 e. The molecule has 0 aliphatic carbocycles. The first-order chi connectivity index (χ1) is 2.27. The molecule has 0 aromatic carbocycles. The molecule has 0 heterocycles. The highest BCUT2D eigenvalue weighted by Gasteiger charge is 1.94. The summed E-state index contributed by atoms with van der Waals surface area (Å²) < 4.78 is 0. The van der Waals surface area contributed by atoms with Crippen molar-refractivity contribution in [3.05, 3.63) is 0 Å². The van der Waals surface area contributed by atoms with Gasteiger partial charge in [-0.05, 0) is 10.5 Å². The zero-order chi connectivity index (χ0) is 4.28. The van der Waals surface area contributed by atoms with E-state index >= 15 is 0 Å². The van der Waals surface area contributed by atoms with Gasteiger partial charge in [0.2, 0.25) is 0 Å². The smallest absolute Gasteiger partial charge is 0.161 e. The highest BCUT2D eigenvalue weighted by Crippen LogP contribution is 1.71. The van der Waals surface area contributed by atoms with Gasteiger partial charge in [-0.25, -0.2) is 0 Å². The van der Waals surface area contributed by atoms with E-state index in [2.05, 4.69) is 5.04 Å². The molecule has 0 aromatic rings. The molecule has 5 heteroatoms. The summed E-state index contributed by atoms with van der Waals surface area (Å²) in [6, 6.07) is 0. The van der Waals surface area contributed by atoms with Crippen LogP contribution in [0.1, 0.15) is 0 Å². The van der Waals surface area contributed by atoms with E-state index < -0.39 is 0 Å². The van der Waals surface area contributed by atoms with Crippen LogP contribution in [-0.2, 0) is 9.86 Å². The van der Waals surface area contributed by atoms with Crippen molar-refractivity contribution in [1.82, 2.24) is 0 Å². The van der Waals surface area contributed by atoms with Crippen LogP contribution in [0.2, 0.25) is 0 Å². The minimum atomic E-state index is -0.199. The van der Waals surface area contributed by atoms with Crippen LogP contribution in [0, 0.1) is 0 Å². The second-order valence-electron chi connectivity index (χ2n) is 0.305. The predicted molar refractivity (Wildman–Crippen MR) is 10.1 cm³/mol. The number of hydrogen-bond donors (Lipinski definition) is 3. The van der Waals surface area contributed by atoms with Crippen molar-refractivity contribution in [3.63, 3.8) is 0 Å². The quantitative estimate of drug-likeness (QED) is 0.235. The predicted octanol–water partition coefficient (Wildman–Crippen LogP) is -0.111. The van der Waals surface area contributed by atoms with Crippen LogP contribution in [0.15, 0.2) is 0 Å². The Balaban J connectivity index is 2.54.